The van der Waals surface area contributed by atoms with Crippen molar-refractivity contribution in [1.29, 1.82) is 0 Å². The maximum atomic E-state index is 11.4. The molecule has 1 aromatic carbocycles. The molecule has 9 heteroatoms. The molecule has 112 valence electrons. The molecule has 0 unspecified atom stereocenters. The molecule has 2 aliphatic heterocycles. The van der Waals surface area contributed by atoms with Gasteiger partial charge in [0, 0.05) is 11.0 Å². The Morgan fingerprint density at radius 3 is 3.18 bits per heavy atom. The molecular formula is C13H12N6O2S. The largest absolute Gasteiger partial charge is 0.482 e. The molecule has 8 nitrogen and oxygen atoms in total. The van der Waals surface area contributed by atoms with Crippen molar-refractivity contribution in [1.82, 2.24) is 14.9 Å². The molecule has 4 rings (SSSR count). The molecule has 1 amide bonds. The van der Waals surface area contributed by atoms with Gasteiger partial charge < -0.3 is 15.8 Å². The van der Waals surface area contributed by atoms with E-state index >= 15 is 0 Å². The van der Waals surface area contributed by atoms with Crippen LogP contribution in [0.2, 0.25) is 0 Å². The first-order valence-corrected chi connectivity index (χ1v) is 7.48. The number of hydrogen-bond acceptors (Lipinski definition) is 7. The number of carbonyl (C=O) groups excluding carboxylic acids is 1. The predicted octanol–water partition coefficient (Wildman–Crippen LogP) is 0.715. The van der Waals surface area contributed by atoms with Crippen molar-refractivity contribution in [2.75, 3.05) is 17.3 Å². The van der Waals surface area contributed by atoms with E-state index in [1.807, 2.05) is 23.6 Å². The zero-order valence-electron chi connectivity index (χ0n) is 11.4. The molecule has 0 spiro atoms. The third kappa shape index (κ3) is 2.11. The van der Waals surface area contributed by atoms with Crippen molar-refractivity contribution in [2.24, 2.45) is 5.73 Å². The number of thioether (sulfide) groups is 1. The Kier molecular flexibility index (Phi) is 3.01. The number of ether oxygens (including phenoxy) is 1. The number of fused-ring (bicyclic) bond motifs is 2. The maximum Gasteiger partial charge on any atom is 0.262 e. The summed E-state index contributed by atoms with van der Waals surface area (Å²) in [5.74, 6) is 1.17. The van der Waals surface area contributed by atoms with Crippen molar-refractivity contribution >= 4 is 29.1 Å². The Hall–Kier alpha value is -2.52. The van der Waals surface area contributed by atoms with E-state index in [-0.39, 0.29) is 12.5 Å². The van der Waals surface area contributed by atoms with Gasteiger partial charge in [0.15, 0.2) is 12.4 Å². The van der Waals surface area contributed by atoms with Crippen molar-refractivity contribution in [3.63, 3.8) is 0 Å². The van der Waals surface area contributed by atoms with Crippen LogP contribution in [0, 0.1) is 0 Å². The number of rotatable bonds is 2. The van der Waals surface area contributed by atoms with Crippen LogP contribution in [-0.4, -0.2) is 27.4 Å². The number of benzene rings is 1. The number of carbonyl (C=O) groups is 1. The SMILES string of the molecule is NCc1nnc2n1NC(c1ccc3c(c1)NC(=O)CO3)=CS2. The van der Waals surface area contributed by atoms with Gasteiger partial charge in [0.05, 0.1) is 17.9 Å². The van der Waals surface area contributed by atoms with E-state index in [2.05, 4.69) is 20.9 Å². The van der Waals surface area contributed by atoms with Gasteiger partial charge in [-0.05, 0) is 18.2 Å². The smallest absolute Gasteiger partial charge is 0.262 e. The molecule has 22 heavy (non-hydrogen) atoms. The van der Waals surface area contributed by atoms with Crippen LogP contribution in [0.3, 0.4) is 0 Å². The van der Waals surface area contributed by atoms with Gasteiger partial charge in [-0.15, -0.1) is 10.2 Å². The van der Waals surface area contributed by atoms with Gasteiger partial charge in [0.25, 0.3) is 5.91 Å². The van der Waals surface area contributed by atoms with Gasteiger partial charge in [-0.25, -0.2) is 4.68 Å². The molecule has 4 N–H and O–H groups in total. The molecule has 3 heterocycles. The average Bonchev–Trinajstić information content (AvgIpc) is 2.96. The van der Waals surface area contributed by atoms with Crippen LogP contribution < -0.4 is 21.2 Å². The number of hydrogen-bond donors (Lipinski definition) is 3. The summed E-state index contributed by atoms with van der Waals surface area (Å²) in [6.45, 7) is 0.342. The van der Waals surface area contributed by atoms with Crippen molar-refractivity contribution in [2.45, 2.75) is 11.7 Å². The van der Waals surface area contributed by atoms with Crippen LogP contribution in [0.1, 0.15) is 11.4 Å². The van der Waals surface area contributed by atoms with Gasteiger partial charge in [-0.2, -0.15) is 0 Å². The first kappa shape index (κ1) is 13.2. The van der Waals surface area contributed by atoms with Crippen molar-refractivity contribution in [3.8, 4) is 5.75 Å². The van der Waals surface area contributed by atoms with E-state index in [0.29, 0.717) is 23.8 Å². The van der Waals surface area contributed by atoms with E-state index in [0.717, 1.165) is 16.4 Å². The second-order valence-corrected chi connectivity index (χ2v) is 5.58. The molecule has 0 atom stereocenters. The van der Waals surface area contributed by atoms with Crippen LogP contribution in [0.5, 0.6) is 5.75 Å². The monoisotopic (exact) mass is 316 g/mol. The summed E-state index contributed by atoms with van der Waals surface area (Å²) in [6, 6.07) is 5.62. The van der Waals surface area contributed by atoms with Crippen LogP contribution in [0.4, 0.5) is 5.69 Å². The van der Waals surface area contributed by atoms with Gasteiger partial charge >= 0.3 is 0 Å². The first-order chi connectivity index (χ1) is 10.7. The predicted molar refractivity (Wildman–Crippen MR) is 81.7 cm³/mol. The maximum absolute atomic E-state index is 11.4. The molecule has 0 bridgehead atoms. The Balaban J connectivity index is 1.67. The minimum Gasteiger partial charge on any atom is -0.482 e. The molecule has 0 fully saturated rings. The topological polar surface area (TPSA) is 107 Å². The van der Waals surface area contributed by atoms with E-state index in [4.69, 9.17) is 10.5 Å². The fourth-order valence-electron chi connectivity index (χ4n) is 2.26. The molecule has 0 aliphatic carbocycles. The van der Waals surface area contributed by atoms with Crippen LogP contribution in [0.25, 0.3) is 5.70 Å². The number of amides is 1. The second kappa shape index (κ2) is 5.04. The minimum absolute atomic E-state index is 0.0487. The molecular weight excluding hydrogens is 304 g/mol. The van der Waals surface area contributed by atoms with Gasteiger partial charge in [-0.3, -0.25) is 10.2 Å². The van der Waals surface area contributed by atoms with Crippen LogP contribution in [0.15, 0.2) is 28.8 Å². The lowest BCUT2D eigenvalue weighted by molar-refractivity contribution is -0.118. The fourth-order valence-corrected chi connectivity index (χ4v) is 3.02. The lowest BCUT2D eigenvalue weighted by Crippen LogP contribution is -2.25. The fraction of sp³-hybridized carbons (Fsp3) is 0.154. The standard InChI is InChI=1S/C13H12N6O2S/c14-4-11-16-17-13-19(11)18-9(6-22-13)7-1-2-10-8(3-7)15-12(20)5-21-10/h1-3,6,18H,4-5,14H2,(H,15,20). The summed E-state index contributed by atoms with van der Waals surface area (Å²) in [5.41, 5.74) is 11.3. The summed E-state index contributed by atoms with van der Waals surface area (Å²) in [6.07, 6.45) is 0. The molecule has 1 aromatic heterocycles. The van der Waals surface area contributed by atoms with E-state index in [1.165, 1.54) is 11.8 Å². The zero-order chi connectivity index (χ0) is 15.1. The quantitative estimate of drug-likeness (QED) is 0.749. The zero-order valence-corrected chi connectivity index (χ0v) is 12.2. The van der Waals surface area contributed by atoms with Crippen molar-refractivity contribution in [3.05, 3.63) is 35.0 Å². The van der Waals surface area contributed by atoms with Crippen LogP contribution >= 0.6 is 11.8 Å². The Bertz CT molecular complexity index is 800. The highest BCUT2D eigenvalue weighted by molar-refractivity contribution is 8.02. The molecule has 0 saturated carbocycles. The van der Waals surface area contributed by atoms with E-state index in [1.54, 1.807) is 4.68 Å². The summed E-state index contributed by atoms with van der Waals surface area (Å²) < 4.78 is 7.12. The molecule has 2 aromatic rings. The number of nitrogens with two attached hydrogens (primary N) is 1. The Morgan fingerprint density at radius 1 is 1.41 bits per heavy atom. The molecule has 0 saturated heterocycles. The summed E-state index contributed by atoms with van der Waals surface area (Å²) in [5, 5.41) is 13.5. The van der Waals surface area contributed by atoms with E-state index in [9.17, 15) is 4.79 Å². The number of nitrogens with one attached hydrogen (secondary N) is 2. The third-order valence-electron chi connectivity index (χ3n) is 3.32. The highest BCUT2D eigenvalue weighted by atomic mass is 32.2. The van der Waals surface area contributed by atoms with Gasteiger partial charge in [0.2, 0.25) is 5.16 Å². The van der Waals surface area contributed by atoms with E-state index < -0.39 is 0 Å². The number of nitrogens with zero attached hydrogens (tertiary/aromatic N) is 3. The highest BCUT2D eigenvalue weighted by Gasteiger charge is 2.20. The third-order valence-corrected chi connectivity index (χ3v) is 4.15. The van der Waals surface area contributed by atoms with Gasteiger partial charge in [-0.1, -0.05) is 11.8 Å². The van der Waals surface area contributed by atoms with Gasteiger partial charge in [0.1, 0.15) is 5.75 Å². The average molecular weight is 316 g/mol. The van der Waals surface area contributed by atoms with Crippen molar-refractivity contribution < 1.29 is 9.53 Å². The van der Waals surface area contributed by atoms with Crippen LogP contribution in [-0.2, 0) is 11.3 Å². The lowest BCUT2D eigenvalue weighted by atomic mass is 10.1. The Morgan fingerprint density at radius 2 is 2.32 bits per heavy atom. The Labute approximate surface area is 129 Å². The lowest BCUT2D eigenvalue weighted by Gasteiger charge is -2.22. The molecule has 2 aliphatic rings. The number of anilines is 1. The normalized spacial score (nSPS) is 15.9. The summed E-state index contributed by atoms with van der Waals surface area (Å²) >= 11 is 1.46. The minimum atomic E-state index is -0.156. The number of aromatic nitrogens is 3. The molecule has 0 radical (unpaired) electrons. The highest BCUT2D eigenvalue weighted by Crippen LogP contribution is 2.33. The second-order valence-electron chi connectivity index (χ2n) is 4.75. The first-order valence-electron chi connectivity index (χ1n) is 6.60. The summed E-state index contributed by atoms with van der Waals surface area (Å²) in [4.78, 5) is 11.4. The summed E-state index contributed by atoms with van der Waals surface area (Å²) in [7, 11) is 0.